The molecule has 0 aliphatic heterocycles. The minimum atomic E-state index is -3.54. The molecule has 0 unspecified atom stereocenters. The summed E-state index contributed by atoms with van der Waals surface area (Å²) in [5, 5.41) is 0. The monoisotopic (exact) mass is 246 g/mol. The van der Waals surface area contributed by atoms with Crippen molar-refractivity contribution >= 4 is 15.8 Å². The van der Waals surface area contributed by atoms with Crippen LogP contribution in [-0.4, -0.2) is 20.0 Å². The lowest BCUT2D eigenvalue weighted by atomic mass is 9.70. The van der Waals surface area contributed by atoms with E-state index in [1.165, 1.54) is 0 Å². The number of nitrogens with two attached hydrogens (primary N) is 1. The zero-order valence-electron chi connectivity index (χ0n) is 9.62. The molecule has 2 bridgehead atoms. The van der Waals surface area contributed by atoms with E-state index in [0.29, 0.717) is 18.8 Å². The first-order valence-electron chi connectivity index (χ1n) is 5.48. The number of Topliss-reactive ketones (excluding diaryl/α,β-unsaturated/α-hetero) is 1. The van der Waals surface area contributed by atoms with Gasteiger partial charge in [0.15, 0.2) is 0 Å². The highest BCUT2D eigenvalue weighted by molar-refractivity contribution is 7.89. The molecule has 2 fully saturated rings. The topological polar surface area (TPSA) is 89.3 Å². The van der Waals surface area contributed by atoms with Crippen LogP contribution in [0.25, 0.3) is 0 Å². The van der Waals surface area contributed by atoms with Crippen LogP contribution in [0.5, 0.6) is 0 Å². The van der Waals surface area contributed by atoms with Crippen LogP contribution in [0.3, 0.4) is 0 Å². The highest BCUT2D eigenvalue weighted by Gasteiger charge is 2.65. The summed E-state index contributed by atoms with van der Waals surface area (Å²) in [5.74, 6) is 5.25. The molecule has 0 aromatic carbocycles. The van der Waals surface area contributed by atoms with Gasteiger partial charge in [-0.2, -0.15) is 4.83 Å². The molecule has 0 aromatic heterocycles. The van der Waals surface area contributed by atoms with Crippen LogP contribution in [0.1, 0.15) is 33.1 Å². The largest absolute Gasteiger partial charge is 0.299 e. The van der Waals surface area contributed by atoms with Crippen molar-refractivity contribution < 1.29 is 13.2 Å². The third kappa shape index (κ3) is 1.36. The lowest BCUT2D eigenvalue weighted by Gasteiger charge is -2.35. The van der Waals surface area contributed by atoms with Crippen LogP contribution in [0.4, 0.5) is 0 Å². The molecule has 2 aliphatic rings. The Hall–Kier alpha value is -0.460. The first-order valence-corrected chi connectivity index (χ1v) is 7.14. The molecular formula is C10H18N2O3S. The number of hydrogen-bond donors (Lipinski definition) is 2. The minimum absolute atomic E-state index is 0.0903. The Morgan fingerprint density at radius 2 is 2.12 bits per heavy atom. The molecule has 5 nitrogen and oxygen atoms in total. The molecule has 3 N–H and O–H groups in total. The molecule has 2 aliphatic carbocycles. The van der Waals surface area contributed by atoms with Crippen molar-refractivity contribution in [3.63, 3.8) is 0 Å². The minimum Gasteiger partial charge on any atom is -0.299 e. The van der Waals surface area contributed by atoms with Gasteiger partial charge in [-0.15, -0.1) is 0 Å². The number of hydrazine groups is 1. The Balaban J connectivity index is 2.40. The lowest BCUT2D eigenvalue weighted by Crippen LogP contribution is -2.46. The molecule has 16 heavy (non-hydrogen) atoms. The molecule has 0 amide bonds. The van der Waals surface area contributed by atoms with Crippen LogP contribution < -0.4 is 10.7 Å². The van der Waals surface area contributed by atoms with Crippen LogP contribution in [0.2, 0.25) is 0 Å². The summed E-state index contributed by atoms with van der Waals surface area (Å²) < 4.78 is 23.2. The summed E-state index contributed by atoms with van der Waals surface area (Å²) in [6, 6.07) is 0. The number of sulfonamides is 1. The van der Waals surface area contributed by atoms with Gasteiger partial charge in [0.1, 0.15) is 5.78 Å². The van der Waals surface area contributed by atoms with E-state index in [0.717, 1.165) is 6.42 Å². The highest BCUT2D eigenvalue weighted by atomic mass is 32.2. The van der Waals surface area contributed by atoms with E-state index in [9.17, 15) is 13.2 Å². The maximum absolute atomic E-state index is 12.0. The van der Waals surface area contributed by atoms with Gasteiger partial charge in [0.05, 0.1) is 5.75 Å². The van der Waals surface area contributed by atoms with Crippen molar-refractivity contribution in [2.24, 2.45) is 22.6 Å². The zero-order chi connectivity index (χ0) is 12.2. The average Bonchev–Trinajstić information content (AvgIpc) is 2.51. The highest BCUT2D eigenvalue weighted by Crippen LogP contribution is 2.64. The summed E-state index contributed by atoms with van der Waals surface area (Å²) in [7, 11) is -3.54. The fourth-order valence-corrected chi connectivity index (χ4v) is 4.88. The molecule has 0 aromatic rings. The number of fused-ring (bicyclic) bond motifs is 2. The van der Waals surface area contributed by atoms with Gasteiger partial charge in [-0.1, -0.05) is 13.8 Å². The average molecular weight is 246 g/mol. The van der Waals surface area contributed by atoms with E-state index in [4.69, 9.17) is 5.84 Å². The van der Waals surface area contributed by atoms with Gasteiger partial charge in [-0.25, -0.2) is 8.42 Å². The predicted octanol–water partition coefficient (Wildman–Crippen LogP) is 0.175. The van der Waals surface area contributed by atoms with E-state index in [1.807, 2.05) is 18.7 Å². The quantitative estimate of drug-likeness (QED) is 0.549. The number of carbonyl (C=O) groups is 1. The van der Waals surface area contributed by atoms with Gasteiger partial charge in [0.25, 0.3) is 0 Å². The van der Waals surface area contributed by atoms with E-state index >= 15 is 0 Å². The van der Waals surface area contributed by atoms with Gasteiger partial charge >= 0.3 is 0 Å². The molecule has 6 heteroatoms. The molecule has 0 radical (unpaired) electrons. The van der Waals surface area contributed by atoms with Crippen molar-refractivity contribution in [2.45, 2.75) is 33.1 Å². The van der Waals surface area contributed by atoms with Crippen molar-refractivity contribution in [3.8, 4) is 0 Å². The Bertz CT molecular complexity index is 429. The third-order valence-electron chi connectivity index (χ3n) is 4.76. The SMILES string of the molecule is CC1(C)[C@@H]2CC[C@@]1(CS(=O)(=O)NN)C(=O)C2. The standard InChI is InChI=1S/C10H18N2O3S/c1-9(2)7-3-4-10(9,8(13)5-7)6-16(14,15)12-11/h7,12H,3-6,11H2,1-2H3/t7-,10-/m1/s1. The summed E-state index contributed by atoms with van der Waals surface area (Å²) in [5.41, 5.74) is -0.948. The maximum atomic E-state index is 12.0. The van der Waals surface area contributed by atoms with Gasteiger partial charge in [-0.3, -0.25) is 10.6 Å². The fourth-order valence-electron chi connectivity index (χ4n) is 3.47. The van der Waals surface area contributed by atoms with E-state index in [2.05, 4.69) is 0 Å². The van der Waals surface area contributed by atoms with Crippen LogP contribution >= 0.6 is 0 Å². The molecule has 92 valence electrons. The zero-order valence-corrected chi connectivity index (χ0v) is 10.4. The van der Waals surface area contributed by atoms with Crippen LogP contribution in [0.15, 0.2) is 0 Å². The molecule has 2 saturated carbocycles. The Morgan fingerprint density at radius 3 is 2.50 bits per heavy atom. The van der Waals surface area contributed by atoms with Crippen LogP contribution in [-0.2, 0) is 14.8 Å². The first kappa shape index (κ1) is 12.0. The Kier molecular flexibility index (Phi) is 2.46. The third-order valence-corrected chi connectivity index (χ3v) is 5.99. The van der Waals surface area contributed by atoms with Crippen molar-refractivity contribution in [1.82, 2.24) is 4.83 Å². The van der Waals surface area contributed by atoms with E-state index in [-0.39, 0.29) is 17.0 Å². The molecule has 2 atom stereocenters. The molecule has 0 saturated heterocycles. The van der Waals surface area contributed by atoms with Crippen molar-refractivity contribution in [3.05, 3.63) is 0 Å². The second-order valence-electron chi connectivity index (χ2n) is 5.54. The second kappa shape index (κ2) is 3.27. The second-order valence-corrected chi connectivity index (χ2v) is 7.30. The molecular weight excluding hydrogens is 228 g/mol. The number of carbonyl (C=O) groups excluding carboxylic acids is 1. The first-order chi connectivity index (χ1) is 7.25. The van der Waals surface area contributed by atoms with Gasteiger partial charge in [0.2, 0.25) is 10.0 Å². The molecule has 2 rings (SSSR count). The van der Waals surface area contributed by atoms with Gasteiger partial charge in [0, 0.05) is 11.8 Å². The molecule has 0 spiro atoms. The summed E-state index contributed by atoms with van der Waals surface area (Å²) >= 11 is 0. The maximum Gasteiger partial charge on any atom is 0.225 e. The lowest BCUT2D eigenvalue weighted by molar-refractivity contribution is -0.128. The number of hydrogen-bond acceptors (Lipinski definition) is 4. The summed E-state index contributed by atoms with van der Waals surface area (Å²) in [6.07, 6.45) is 2.14. The summed E-state index contributed by atoms with van der Waals surface area (Å²) in [4.78, 5) is 13.9. The van der Waals surface area contributed by atoms with Gasteiger partial charge < -0.3 is 0 Å². The number of ketones is 1. The Labute approximate surface area is 95.8 Å². The van der Waals surface area contributed by atoms with E-state index in [1.54, 1.807) is 0 Å². The number of rotatable bonds is 3. The van der Waals surface area contributed by atoms with E-state index < -0.39 is 15.4 Å². The number of nitrogens with one attached hydrogen (secondary N) is 1. The van der Waals surface area contributed by atoms with Gasteiger partial charge in [-0.05, 0) is 24.2 Å². The fraction of sp³-hybridized carbons (Fsp3) is 0.900. The molecule has 0 heterocycles. The van der Waals surface area contributed by atoms with Crippen molar-refractivity contribution in [2.75, 3.05) is 5.75 Å². The Morgan fingerprint density at radius 1 is 1.50 bits per heavy atom. The normalized spacial score (nSPS) is 36.9. The van der Waals surface area contributed by atoms with Crippen molar-refractivity contribution in [1.29, 1.82) is 0 Å². The summed E-state index contributed by atoms with van der Waals surface area (Å²) in [6.45, 7) is 4.00. The smallest absolute Gasteiger partial charge is 0.225 e. The predicted molar refractivity (Wildman–Crippen MR) is 59.7 cm³/mol. The van der Waals surface area contributed by atoms with Crippen LogP contribution in [0, 0.1) is 16.7 Å².